The van der Waals surface area contributed by atoms with Gasteiger partial charge in [0.15, 0.2) is 5.96 Å². The fraction of sp³-hybridized carbons (Fsp3) is 0.600. The van der Waals surface area contributed by atoms with Crippen LogP contribution in [-0.2, 0) is 4.79 Å². The number of carbonyl (C=O) groups is 1. The number of nitrogens with zero attached hydrogens (tertiary/aromatic N) is 2. The highest BCUT2D eigenvalue weighted by molar-refractivity contribution is 9.10. The molecule has 1 heterocycles. The van der Waals surface area contributed by atoms with Gasteiger partial charge in [-0.25, -0.2) is 0 Å². The van der Waals surface area contributed by atoms with Crippen molar-refractivity contribution in [1.82, 2.24) is 15.5 Å². The number of benzene rings is 1. The van der Waals surface area contributed by atoms with E-state index in [1.165, 1.54) is 19.3 Å². The number of rotatable bonds is 6. The number of hydrogen-bond acceptors (Lipinski definition) is 3. The van der Waals surface area contributed by atoms with Crippen molar-refractivity contribution in [3.05, 3.63) is 28.2 Å². The molecule has 150 valence electrons. The Labute approximate surface area is 171 Å². The molecule has 1 aliphatic rings. The van der Waals surface area contributed by atoms with Gasteiger partial charge in [0, 0.05) is 29.3 Å². The van der Waals surface area contributed by atoms with Crippen LogP contribution in [0.4, 0.5) is 5.69 Å². The van der Waals surface area contributed by atoms with Gasteiger partial charge in [0.2, 0.25) is 5.91 Å². The van der Waals surface area contributed by atoms with Crippen molar-refractivity contribution in [2.75, 3.05) is 38.5 Å². The maximum absolute atomic E-state index is 12.3. The average Bonchev–Trinajstić information content (AvgIpc) is 2.65. The summed E-state index contributed by atoms with van der Waals surface area (Å²) in [4.78, 5) is 19.0. The summed E-state index contributed by atoms with van der Waals surface area (Å²) in [5, 5.41) is 9.38. The number of likely N-dealkylation sites (tertiary alicyclic amines) is 1. The third kappa shape index (κ3) is 6.81. The fourth-order valence-electron chi connectivity index (χ4n) is 3.22. The Hall–Kier alpha value is -1.60. The summed E-state index contributed by atoms with van der Waals surface area (Å²) in [6.07, 6.45) is 3.87. The van der Waals surface area contributed by atoms with Gasteiger partial charge in [0.25, 0.3) is 0 Å². The quantitative estimate of drug-likeness (QED) is 0.472. The number of aliphatic imine (C=N–C) groups is 1. The lowest BCUT2D eigenvalue weighted by Gasteiger charge is -2.41. The minimum absolute atomic E-state index is 0.0493. The minimum atomic E-state index is -0.102. The van der Waals surface area contributed by atoms with Crippen LogP contribution < -0.4 is 16.0 Å². The van der Waals surface area contributed by atoms with Crippen LogP contribution in [0.1, 0.15) is 38.7 Å². The Kier molecular flexibility index (Phi) is 8.10. The summed E-state index contributed by atoms with van der Waals surface area (Å²) in [6, 6.07) is 5.83. The first-order chi connectivity index (χ1) is 12.8. The Balaban J connectivity index is 1.80. The van der Waals surface area contributed by atoms with Gasteiger partial charge in [-0.15, -0.1) is 0 Å². The molecule has 3 N–H and O–H groups in total. The molecule has 0 aliphatic carbocycles. The molecule has 0 bridgehead atoms. The van der Waals surface area contributed by atoms with Gasteiger partial charge in [-0.2, -0.15) is 0 Å². The van der Waals surface area contributed by atoms with Gasteiger partial charge in [-0.05, 0) is 64.4 Å². The van der Waals surface area contributed by atoms with Crippen LogP contribution in [-0.4, -0.2) is 55.5 Å². The zero-order valence-corrected chi connectivity index (χ0v) is 18.4. The molecule has 7 heteroatoms. The molecule has 1 saturated heterocycles. The molecule has 0 spiro atoms. The van der Waals surface area contributed by atoms with E-state index in [4.69, 9.17) is 0 Å². The van der Waals surface area contributed by atoms with E-state index < -0.39 is 0 Å². The Morgan fingerprint density at radius 1 is 1.22 bits per heavy atom. The van der Waals surface area contributed by atoms with Crippen LogP contribution in [0.25, 0.3) is 0 Å². The van der Waals surface area contributed by atoms with Crippen LogP contribution >= 0.6 is 15.9 Å². The van der Waals surface area contributed by atoms with Gasteiger partial charge in [0.05, 0.1) is 6.54 Å². The highest BCUT2D eigenvalue weighted by Crippen LogP contribution is 2.21. The second kappa shape index (κ2) is 10.1. The van der Waals surface area contributed by atoms with E-state index in [1.807, 2.05) is 25.1 Å². The van der Waals surface area contributed by atoms with Crippen LogP contribution in [0.15, 0.2) is 27.7 Å². The summed E-state index contributed by atoms with van der Waals surface area (Å²) >= 11 is 3.43. The normalized spacial score (nSPS) is 16.1. The highest BCUT2D eigenvalue weighted by Gasteiger charge is 2.27. The number of anilines is 1. The molecule has 0 aromatic heterocycles. The standard InChI is InChI=1S/C20H32BrN5O/c1-15-8-9-16(21)12-17(15)25-18(27)13-23-19(22-4)24-14-20(2,3)26-10-6-5-7-11-26/h8-9,12H,5-7,10-11,13-14H2,1-4H3,(H,25,27)(H2,22,23,24). The number of amides is 1. The number of guanidine groups is 1. The van der Waals surface area contributed by atoms with Crippen molar-refractivity contribution in [1.29, 1.82) is 0 Å². The molecule has 1 aromatic rings. The molecular weight excluding hydrogens is 406 g/mol. The summed E-state index contributed by atoms with van der Waals surface area (Å²) in [5.41, 5.74) is 1.89. The van der Waals surface area contributed by atoms with Crippen molar-refractivity contribution >= 4 is 33.5 Å². The van der Waals surface area contributed by atoms with Gasteiger partial charge in [-0.3, -0.25) is 14.7 Å². The van der Waals surface area contributed by atoms with Crippen molar-refractivity contribution in [3.8, 4) is 0 Å². The number of piperidine rings is 1. The number of carbonyl (C=O) groups excluding carboxylic acids is 1. The number of halogens is 1. The first-order valence-electron chi connectivity index (χ1n) is 9.57. The lowest BCUT2D eigenvalue weighted by atomic mass is 9.98. The summed E-state index contributed by atoms with van der Waals surface area (Å²) in [7, 11) is 1.72. The van der Waals surface area contributed by atoms with Crippen LogP contribution in [0.5, 0.6) is 0 Å². The predicted molar refractivity (Wildman–Crippen MR) is 116 cm³/mol. The average molecular weight is 438 g/mol. The monoisotopic (exact) mass is 437 g/mol. The highest BCUT2D eigenvalue weighted by atomic mass is 79.9. The summed E-state index contributed by atoms with van der Waals surface area (Å²) in [5.74, 6) is 0.538. The molecule has 1 aliphatic heterocycles. The molecule has 0 unspecified atom stereocenters. The third-order valence-corrected chi connectivity index (χ3v) is 5.51. The van der Waals surface area contributed by atoms with Crippen molar-refractivity contribution < 1.29 is 4.79 Å². The molecule has 27 heavy (non-hydrogen) atoms. The molecule has 6 nitrogen and oxygen atoms in total. The lowest BCUT2D eigenvalue weighted by molar-refractivity contribution is -0.115. The SMILES string of the molecule is CN=C(NCC(=O)Nc1cc(Br)ccc1C)NCC(C)(C)N1CCCCC1. The molecule has 0 radical (unpaired) electrons. The van der Waals surface area contributed by atoms with E-state index in [-0.39, 0.29) is 18.0 Å². The zero-order valence-electron chi connectivity index (χ0n) is 16.9. The van der Waals surface area contributed by atoms with E-state index in [2.05, 4.69) is 55.6 Å². The number of hydrogen-bond donors (Lipinski definition) is 3. The largest absolute Gasteiger partial charge is 0.355 e. The summed E-state index contributed by atoms with van der Waals surface area (Å²) in [6.45, 7) is 9.71. The molecule has 1 fully saturated rings. The van der Waals surface area contributed by atoms with Crippen molar-refractivity contribution in [3.63, 3.8) is 0 Å². The second-order valence-corrected chi connectivity index (χ2v) is 8.56. The zero-order chi connectivity index (χ0) is 19.9. The topological polar surface area (TPSA) is 68.8 Å². The van der Waals surface area contributed by atoms with Crippen molar-refractivity contribution in [2.45, 2.75) is 45.6 Å². The molecular formula is C20H32BrN5O. The molecule has 1 aromatic carbocycles. The first-order valence-corrected chi connectivity index (χ1v) is 10.4. The van der Waals surface area contributed by atoms with E-state index >= 15 is 0 Å². The Bertz CT molecular complexity index is 668. The number of aryl methyl sites for hydroxylation is 1. The predicted octanol–water partition coefficient (Wildman–Crippen LogP) is 3.13. The lowest BCUT2D eigenvalue weighted by Crippen LogP contribution is -2.55. The van der Waals surface area contributed by atoms with E-state index in [0.29, 0.717) is 5.96 Å². The summed E-state index contributed by atoms with van der Waals surface area (Å²) < 4.78 is 0.939. The molecule has 0 atom stereocenters. The number of nitrogens with one attached hydrogen (secondary N) is 3. The first kappa shape index (κ1) is 21.7. The maximum Gasteiger partial charge on any atom is 0.243 e. The van der Waals surface area contributed by atoms with Gasteiger partial charge >= 0.3 is 0 Å². The molecule has 0 saturated carbocycles. The molecule has 1 amide bonds. The van der Waals surface area contributed by atoms with Crippen molar-refractivity contribution in [2.24, 2.45) is 4.99 Å². The Morgan fingerprint density at radius 3 is 2.59 bits per heavy atom. The van der Waals surface area contributed by atoms with Crippen LogP contribution in [0.2, 0.25) is 0 Å². The van der Waals surface area contributed by atoms with Crippen LogP contribution in [0, 0.1) is 6.92 Å². The van der Waals surface area contributed by atoms with Crippen LogP contribution in [0.3, 0.4) is 0 Å². The fourth-order valence-corrected chi connectivity index (χ4v) is 3.58. The Morgan fingerprint density at radius 2 is 1.93 bits per heavy atom. The maximum atomic E-state index is 12.3. The van der Waals surface area contributed by atoms with Gasteiger partial charge in [0.1, 0.15) is 0 Å². The van der Waals surface area contributed by atoms with E-state index in [9.17, 15) is 4.79 Å². The van der Waals surface area contributed by atoms with E-state index in [0.717, 1.165) is 35.4 Å². The second-order valence-electron chi connectivity index (χ2n) is 7.65. The smallest absolute Gasteiger partial charge is 0.243 e. The minimum Gasteiger partial charge on any atom is -0.355 e. The van der Waals surface area contributed by atoms with E-state index in [1.54, 1.807) is 7.05 Å². The third-order valence-electron chi connectivity index (χ3n) is 5.01. The molecule has 2 rings (SSSR count). The van der Waals surface area contributed by atoms with Gasteiger partial charge < -0.3 is 16.0 Å². The van der Waals surface area contributed by atoms with Gasteiger partial charge in [-0.1, -0.05) is 28.4 Å².